The van der Waals surface area contributed by atoms with Crippen molar-refractivity contribution < 1.29 is 9.84 Å². The number of nitrogens with one attached hydrogen (secondary N) is 1. The number of aliphatic hydroxyl groups excluding tert-OH is 1. The molecular weight excluding hydrogens is 252 g/mol. The molecule has 4 nitrogen and oxygen atoms in total. The largest absolute Gasteiger partial charge is 0.476 e. The Morgan fingerprint density at radius 3 is 2.40 bits per heavy atom. The lowest BCUT2D eigenvalue weighted by Gasteiger charge is -2.21. The third-order valence-corrected chi connectivity index (χ3v) is 3.23. The van der Waals surface area contributed by atoms with Crippen molar-refractivity contribution in [2.24, 2.45) is 5.92 Å². The molecule has 4 heteroatoms. The second kappa shape index (κ2) is 8.57. The van der Waals surface area contributed by atoms with Crippen molar-refractivity contribution in [1.29, 1.82) is 5.26 Å². The van der Waals surface area contributed by atoms with E-state index in [1.807, 2.05) is 30.3 Å². The molecule has 0 radical (unpaired) electrons. The molecule has 0 heterocycles. The van der Waals surface area contributed by atoms with Crippen LogP contribution in [0.2, 0.25) is 0 Å². The normalized spacial score (nSPS) is 13.8. The van der Waals surface area contributed by atoms with Gasteiger partial charge in [0.25, 0.3) is 0 Å². The smallest absolute Gasteiger partial charge is 0.181 e. The molecule has 20 heavy (non-hydrogen) atoms. The zero-order chi connectivity index (χ0) is 15.0. The van der Waals surface area contributed by atoms with Gasteiger partial charge in [-0.2, -0.15) is 5.26 Å². The minimum Gasteiger partial charge on any atom is -0.476 e. The maximum atomic E-state index is 9.04. The van der Waals surface area contributed by atoms with Crippen molar-refractivity contribution in [3.63, 3.8) is 0 Å². The van der Waals surface area contributed by atoms with Crippen LogP contribution in [0.4, 0.5) is 0 Å². The van der Waals surface area contributed by atoms with Crippen LogP contribution in [-0.4, -0.2) is 23.9 Å². The number of rotatable bonds is 8. The lowest BCUT2D eigenvalue weighted by Crippen LogP contribution is -2.34. The van der Waals surface area contributed by atoms with Gasteiger partial charge in [0.2, 0.25) is 0 Å². The Bertz CT molecular complexity index is 423. The molecule has 2 unspecified atom stereocenters. The molecule has 2 atom stereocenters. The van der Waals surface area contributed by atoms with Crippen LogP contribution >= 0.6 is 0 Å². The minimum absolute atomic E-state index is 0.203. The van der Waals surface area contributed by atoms with Crippen LogP contribution in [0.5, 0.6) is 5.75 Å². The SMILES string of the molecule is CC(C#N)Oc1ccc(CNC(CCO)C(C)C)cc1. The molecule has 0 bridgehead atoms. The van der Waals surface area contributed by atoms with Crippen LogP contribution in [0.3, 0.4) is 0 Å². The van der Waals surface area contributed by atoms with Gasteiger partial charge >= 0.3 is 0 Å². The summed E-state index contributed by atoms with van der Waals surface area (Å²) >= 11 is 0. The lowest BCUT2D eigenvalue weighted by atomic mass is 10.0. The average Bonchev–Trinajstić information content (AvgIpc) is 2.44. The number of hydrogen-bond acceptors (Lipinski definition) is 4. The van der Waals surface area contributed by atoms with Gasteiger partial charge in [0, 0.05) is 19.2 Å². The van der Waals surface area contributed by atoms with Crippen molar-refractivity contribution in [1.82, 2.24) is 5.32 Å². The molecule has 0 aromatic heterocycles. The Kier molecular flexibility index (Phi) is 7.06. The molecule has 1 rings (SSSR count). The van der Waals surface area contributed by atoms with Gasteiger partial charge in [-0.3, -0.25) is 0 Å². The fraction of sp³-hybridized carbons (Fsp3) is 0.562. The van der Waals surface area contributed by atoms with Crippen LogP contribution < -0.4 is 10.1 Å². The summed E-state index contributed by atoms with van der Waals surface area (Å²) in [6.45, 7) is 6.98. The van der Waals surface area contributed by atoms with E-state index in [0.717, 1.165) is 18.5 Å². The number of ether oxygens (including phenoxy) is 1. The first kappa shape index (κ1) is 16.5. The van der Waals surface area contributed by atoms with Gasteiger partial charge in [-0.15, -0.1) is 0 Å². The van der Waals surface area contributed by atoms with Gasteiger partial charge < -0.3 is 15.2 Å². The zero-order valence-corrected chi connectivity index (χ0v) is 12.5. The first-order chi connectivity index (χ1) is 9.56. The van der Waals surface area contributed by atoms with Gasteiger partial charge in [0.15, 0.2) is 6.10 Å². The first-order valence-corrected chi connectivity index (χ1v) is 7.06. The van der Waals surface area contributed by atoms with Gasteiger partial charge in [-0.1, -0.05) is 26.0 Å². The highest BCUT2D eigenvalue weighted by Crippen LogP contribution is 2.14. The highest BCUT2D eigenvalue weighted by molar-refractivity contribution is 5.27. The van der Waals surface area contributed by atoms with Crippen LogP contribution in [0.15, 0.2) is 24.3 Å². The maximum Gasteiger partial charge on any atom is 0.181 e. The molecule has 0 aliphatic heterocycles. The van der Waals surface area contributed by atoms with Crippen LogP contribution in [0.1, 0.15) is 32.8 Å². The second-order valence-electron chi connectivity index (χ2n) is 5.28. The van der Waals surface area contributed by atoms with Gasteiger partial charge in [-0.25, -0.2) is 0 Å². The number of nitrogens with zero attached hydrogens (tertiary/aromatic N) is 1. The molecule has 1 aromatic rings. The van der Waals surface area contributed by atoms with Gasteiger partial charge in [0.1, 0.15) is 11.8 Å². The highest BCUT2D eigenvalue weighted by Gasteiger charge is 2.11. The van der Waals surface area contributed by atoms with Crippen molar-refractivity contribution in [3.05, 3.63) is 29.8 Å². The predicted molar refractivity (Wildman–Crippen MR) is 79.3 cm³/mol. The topological polar surface area (TPSA) is 65.3 Å². The summed E-state index contributed by atoms with van der Waals surface area (Å²) in [5.41, 5.74) is 1.16. The number of benzene rings is 1. The Morgan fingerprint density at radius 1 is 1.25 bits per heavy atom. The van der Waals surface area contributed by atoms with Gasteiger partial charge in [-0.05, 0) is 37.0 Å². The fourth-order valence-corrected chi connectivity index (χ4v) is 1.98. The molecular formula is C16H24N2O2. The lowest BCUT2D eigenvalue weighted by molar-refractivity contribution is 0.244. The van der Waals surface area contributed by atoms with E-state index < -0.39 is 6.10 Å². The van der Waals surface area contributed by atoms with Crippen LogP contribution in [-0.2, 0) is 6.54 Å². The Labute approximate surface area is 121 Å². The average molecular weight is 276 g/mol. The standard InChI is InChI=1S/C16H24N2O2/c1-12(2)16(8-9-19)18-11-14-4-6-15(7-5-14)20-13(3)10-17/h4-7,12-13,16,18-19H,8-9,11H2,1-3H3. The number of hydrogen-bond donors (Lipinski definition) is 2. The Morgan fingerprint density at radius 2 is 1.90 bits per heavy atom. The van der Waals surface area contributed by atoms with E-state index in [1.54, 1.807) is 6.92 Å². The Balaban J connectivity index is 2.51. The highest BCUT2D eigenvalue weighted by atomic mass is 16.5. The molecule has 0 aliphatic carbocycles. The summed E-state index contributed by atoms with van der Waals surface area (Å²) in [6, 6.07) is 10.1. The van der Waals surface area contributed by atoms with E-state index in [9.17, 15) is 0 Å². The summed E-state index contributed by atoms with van der Waals surface area (Å²) in [7, 11) is 0. The monoisotopic (exact) mass is 276 g/mol. The van der Waals surface area contributed by atoms with E-state index in [4.69, 9.17) is 15.1 Å². The molecule has 2 N–H and O–H groups in total. The molecule has 1 aromatic carbocycles. The Hall–Kier alpha value is -1.57. The molecule has 0 aliphatic rings. The van der Waals surface area contributed by atoms with Crippen LogP contribution in [0.25, 0.3) is 0 Å². The first-order valence-electron chi connectivity index (χ1n) is 7.06. The third kappa shape index (κ3) is 5.60. The van der Waals surface area contributed by atoms with E-state index in [-0.39, 0.29) is 6.61 Å². The van der Waals surface area contributed by atoms with E-state index in [2.05, 4.69) is 19.2 Å². The van der Waals surface area contributed by atoms with E-state index in [1.165, 1.54) is 0 Å². The summed E-state index contributed by atoms with van der Waals surface area (Å²) in [4.78, 5) is 0. The summed E-state index contributed by atoms with van der Waals surface area (Å²) in [5, 5.41) is 21.2. The van der Waals surface area contributed by atoms with Gasteiger partial charge in [0.05, 0.1) is 0 Å². The van der Waals surface area contributed by atoms with Crippen molar-refractivity contribution >= 4 is 0 Å². The summed E-state index contributed by atoms with van der Waals surface area (Å²) in [5.74, 6) is 1.19. The minimum atomic E-state index is -0.436. The summed E-state index contributed by atoms with van der Waals surface area (Å²) < 4.78 is 5.41. The molecule has 0 saturated carbocycles. The molecule has 0 spiro atoms. The predicted octanol–water partition coefficient (Wildman–Crippen LogP) is 2.47. The fourth-order valence-electron chi connectivity index (χ4n) is 1.98. The third-order valence-electron chi connectivity index (χ3n) is 3.23. The molecule has 0 amide bonds. The second-order valence-corrected chi connectivity index (χ2v) is 5.28. The maximum absolute atomic E-state index is 9.04. The quantitative estimate of drug-likeness (QED) is 0.765. The van der Waals surface area contributed by atoms with Crippen molar-refractivity contribution in [2.75, 3.05) is 6.61 Å². The van der Waals surface area contributed by atoms with Crippen molar-refractivity contribution in [3.8, 4) is 11.8 Å². The molecule has 0 fully saturated rings. The van der Waals surface area contributed by atoms with E-state index >= 15 is 0 Å². The summed E-state index contributed by atoms with van der Waals surface area (Å²) in [6.07, 6.45) is 0.326. The van der Waals surface area contributed by atoms with Crippen LogP contribution in [0, 0.1) is 17.2 Å². The molecule has 110 valence electrons. The van der Waals surface area contributed by atoms with Crippen molar-refractivity contribution in [2.45, 2.75) is 45.9 Å². The van der Waals surface area contributed by atoms with E-state index in [0.29, 0.717) is 17.7 Å². The number of aliphatic hydroxyl groups is 1. The number of nitriles is 1. The molecule has 0 saturated heterocycles. The zero-order valence-electron chi connectivity index (χ0n) is 12.5.